The second-order valence-corrected chi connectivity index (χ2v) is 26.0. The average Bonchev–Trinajstić information content (AvgIpc) is 3.59. The van der Waals surface area contributed by atoms with Crippen molar-refractivity contribution in [1.29, 1.82) is 0 Å². The molecule has 0 unspecified atom stereocenters. The fourth-order valence-corrected chi connectivity index (χ4v) is 0. The third-order valence-electron chi connectivity index (χ3n) is 0. The monoisotopic (exact) mass is 1710 g/mol. The van der Waals surface area contributed by atoms with E-state index in [0.717, 1.165) is 0 Å². The van der Waals surface area contributed by atoms with Crippen LogP contribution in [0.2, 0.25) is 0 Å². The van der Waals surface area contributed by atoms with E-state index < -0.39 is 0 Å². The standard InChI is InChI=1S/12C3H9N.14C3H8.9C2H6.7CH4/c12*1-4(2)3;14*1-3-2;9*1-2;;;;;;;/h12*1-3H3;14*3H2,1-2H3;9*1-2H3;7*1H4. The fourth-order valence-electron chi connectivity index (χ4n) is 0. The van der Waals surface area contributed by atoms with Crippen LogP contribution in [0.4, 0.5) is 0 Å². The molecular formula is C103H302N12. The molecule has 0 aromatic carbocycles. The average molecular weight is 1710 g/mol. The van der Waals surface area contributed by atoms with Crippen molar-refractivity contribution in [2.45, 2.75) is 460 Å². The second kappa shape index (κ2) is 586. The Hall–Kier alpha value is -0.480. The Morgan fingerprint density at radius 1 is 0.0783 bits per heavy atom. The molecule has 0 atom stereocenters. The molecule has 0 bridgehead atoms. The van der Waals surface area contributed by atoms with Gasteiger partial charge >= 0.3 is 0 Å². The van der Waals surface area contributed by atoms with Gasteiger partial charge in [-0.3, -0.25) is 0 Å². The summed E-state index contributed by atoms with van der Waals surface area (Å²) in [4.78, 5) is 24.0. The maximum absolute atomic E-state index is 2.12. The smallest absolute Gasteiger partial charge is 0.0140 e. The molecule has 0 N–H and O–H groups in total. The summed E-state index contributed by atoms with van der Waals surface area (Å²) in [7, 11) is 72.0. The summed E-state index contributed by atoms with van der Waals surface area (Å²) in [5.74, 6) is 0. The van der Waals surface area contributed by atoms with Gasteiger partial charge in [-0.2, -0.15) is 0 Å². The second-order valence-electron chi connectivity index (χ2n) is 26.0. The van der Waals surface area contributed by atoms with Gasteiger partial charge in [-0.1, -0.05) is 460 Å². The lowest BCUT2D eigenvalue weighted by atomic mass is 10.6. The van der Waals surface area contributed by atoms with Crippen LogP contribution in [-0.2, 0) is 0 Å². The van der Waals surface area contributed by atoms with E-state index in [1.54, 1.807) is 0 Å². The first-order valence-electron chi connectivity index (χ1n) is 44.9. The normalized spacial score (nSPS) is 6.42. The molecule has 0 aliphatic heterocycles. The summed E-state index contributed by atoms with van der Waals surface area (Å²) in [6.07, 6.45) is 17.5. The minimum atomic E-state index is 0. The Labute approximate surface area is 768 Å². The van der Waals surface area contributed by atoms with Crippen molar-refractivity contribution >= 4 is 0 Å². The van der Waals surface area contributed by atoms with Crippen molar-refractivity contribution in [3.8, 4) is 0 Å². The SMILES string of the molecule is C.C.C.C.C.C.C.CC.CC.CC.CC.CC.CC.CC.CC.CC.CCC.CCC.CCC.CCC.CCC.CCC.CCC.CCC.CCC.CCC.CCC.CCC.CCC.CCC.CN(C)C.CN(C)C.CN(C)C.CN(C)C.CN(C)C.CN(C)C.CN(C)C.CN(C)C.CN(C)C.CN(C)C.CN(C)C.CN(C)C. The van der Waals surface area contributed by atoms with Gasteiger partial charge in [0.1, 0.15) is 0 Å². The molecule has 0 saturated carbocycles. The van der Waals surface area contributed by atoms with Crippen molar-refractivity contribution in [2.24, 2.45) is 0 Å². The van der Waals surface area contributed by atoms with E-state index in [0.29, 0.717) is 0 Å². The first kappa shape index (κ1) is 281. The predicted octanol–water partition coefficient (Wildman–Crippen LogP) is 35.7. The maximum Gasteiger partial charge on any atom is -0.0140 e. The quantitative estimate of drug-likeness (QED) is 0.232. The highest BCUT2D eigenvalue weighted by Gasteiger charge is 1.63. The van der Waals surface area contributed by atoms with Crippen LogP contribution in [0, 0.1) is 0 Å². The topological polar surface area (TPSA) is 38.9 Å². The van der Waals surface area contributed by atoms with Crippen LogP contribution >= 0.6 is 0 Å². The molecule has 0 saturated heterocycles. The Morgan fingerprint density at radius 3 is 0.0783 bits per heavy atom. The summed E-state index contributed by atoms with van der Waals surface area (Å²) < 4.78 is 0. The zero-order chi connectivity index (χ0) is 98.8. The van der Waals surface area contributed by atoms with Crippen LogP contribution in [0.3, 0.4) is 0 Å². The number of hydrogen-bond acceptors (Lipinski definition) is 12. The van der Waals surface area contributed by atoms with Crippen molar-refractivity contribution in [2.75, 3.05) is 254 Å². The third-order valence-corrected chi connectivity index (χ3v) is 0. The molecule has 0 amide bonds. The first-order valence-corrected chi connectivity index (χ1v) is 44.9. The van der Waals surface area contributed by atoms with Crippen LogP contribution in [0.5, 0.6) is 0 Å². The fraction of sp³-hybridized carbons (Fsp3) is 1.00. The zero-order valence-electron chi connectivity index (χ0n) is 97.3. The molecule has 12 heteroatoms. The molecular weight excluding hydrogens is 1410 g/mol. The lowest BCUT2D eigenvalue weighted by Crippen LogP contribution is -1.99. The first-order chi connectivity index (χ1) is 49.6. The van der Waals surface area contributed by atoms with Gasteiger partial charge in [0.15, 0.2) is 0 Å². The highest BCUT2D eigenvalue weighted by atomic mass is 15.0. The van der Waals surface area contributed by atoms with E-state index in [1.165, 1.54) is 89.9 Å². The summed E-state index contributed by atoms with van der Waals surface area (Å²) in [5, 5.41) is 0. The minimum absolute atomic E-state index is 0. The summed E-state index contributed by atoms with van der Waals surface area (Å²) in [6, 6.07) is 0. The van der Waals surface area contributed by atoms with Gasteiger partial charge in [-0.25, -0.2) is 0 Å². The van der Waals surface area contributed by atoms with Gasteiger partial charge in [-0.05, 0) is 254 Å². The minimum Gasteiger partial charge on any atom is -0.312 e. The Balaban J connectivity index is -0.0000000119. The maximum atomic E-state index is 2.12. The lowest BCUT2D eigenvalue weighted by Gasteiger charge is -1.90. The summed E-state index contributed by atoms with van der Waals surface area (Å²) >= 11 is 0. The highest BCUT2D eigenvalue weighted by molar-refractivity contribution is 4.14. The molecule has 0 fully saturated rings. The van der Waals surface area contributed by atoms with Crippen LogP contribution in [-0.4, -0.2) is 313 Å². The van der Waals surface area contributed by atoms with E-state index in [-0.39, 0.29) is 52.0 Å². The van der Waals surface area contributed by atoms with Crippen LogP contribution in [0.25, 0.3) is 0 Å². The molecule has 0 rings (SSSR count). The van der Waals surface area contributed by atoms with E-state index in [2.05, 4.69) is 194 Å². The molecule has 0 aromatic heterocycles. The van der Waals surface area contributed by atoms with Gasteiger partial charge in [0, 0.05) is 0 Å². The number of hydrogen-bond donors (Lipinski definition) is 0. The van der Waals surface area contributed by atoms with Crippen molar-refractivity contribution in [1.82, 2.24) is 58.8 Å². The van der Waals surface area contributed by atoms with Crippen molar-refractivity contribution < 1.29 is 0 Å². The Kier molecular flexibility index (Phi) is 1430. The molecule has 115 heavy (non-hydrogen) atoms. The molecule has 0 heterocycles. The Bertz CT molecular complexity index is 380. The third kappa shape index (κ3) is 6130000. The molecule has 0 aliphatic rings. The van der Waals surface area contributed by atoms with E-state index in [9.17, 15) is 0 Å². The highest BCUT2D eigenvalue weighted by Crippen LogP contribution is 1.62. The Morgan fingerprint density at radius 2 is 0.0783 bits per heavy atom. The van der Waals surface area contributed by atoms with Gasteiger partial charge < -0.3 is 58.8 Å². The van der Waals surface area contributed by atoms with Crippen LogP contribution in [0.15, 0.2) is 0 Å². The predicted molar refractivity (Wildman–Crippen MR) is 608 cm³/mol. The number of rotatable bonds is 0. The van der Waals surface area contributed by atoms with Crippen molar-refractivity contribution in [3.05, 3.63) is 0 Å². The van der Waals surface area contributed by atoms with Crippen LogP contribution < -0.4 is 0 Å². The lowest BCUT2D eigenvalue weighted by molar-refractivity contribution is 0.505. The molecule has 0 spiro atoms. The molecule has 0 aliphatic carbocycles. The van der Waals surface area contributed by atoms with E-state index >= 15 is 0 Å². The molecule has 0 radical (unpaired) electrons. The largest absolute Gasteiger partial charge is 0.312 e. The summed E-state index contributed by atoms with van der Waals surface area (Å²) in [6.45, 7) is 95.5. The molecule has 0 aromatic rings. The van der Waals surface area contributed by atoms with Crippen molar-refractivity contribution in [3.63, 3.8) is 0 Å². The van der Waals surface area contributed by atoms with Crippen LogP contribution in [0.1, 0.15) is 460 Å². The number of nitrogens with zero attached hydrogens (tertiary/aromatic N) is 12. The van der Waals surface area contributed by atoms with E-state index in [1.807, 2.05) is 437 Å². The molecule has 774 valence electrons. The van der Waals surface area contributed by atoms with Gasteiger partial charge in [0.25, 0.3) is 0 Å². The van der Waals surface area contributed by atoms with Gasteiger partial charge in [0.2, 0.25) is 0 Å². The van der Waals surface area contributed by atoms with Gasteiger partial charge in [-0.15, -0.1) is 0 Å². The molecule has 12 nitrogen and oxygen atoms in total. The van der Waals surface area contributed by atoms with Gasteiger partial charge in [0.05, 0.1) is 0 Å². The van der Waals surface area contributed by atoms with E-state index in [4.69, 9.17) is 0 Å². The zero-order valence-corrected chi connectivity index (χ0v) is 97.3. The summed E-state index contributed by atoms with van der Waals surface area (Å²) in [5.41, 5.74) is 0.